The van der Waals surface area contributed by atoms with Crippen LogP contribution < -0.4 is 0 Å². The minimum absolute atomic E-state index is 0.778. The van der Waals surface area contributed by atoms with Gasteiger partial charge in [-0.2, -0.15) is 0 Å². The molecule has 0 aliphatic rings. The minimum Gasteiger partial charge on any atom is -0.454 e. The third-order valence-corrected chi connectivity index (χ3v) is 12.3. The Balaban J connectivity index is 0.937. The summed E-state index contributed by atoms with van der Waals surface area (Å²) in [7, 11) is 0. The summed E-state index contributed by atoms with van der Waals surface area (Å²) in [4.78, 5) is 20.0. The Bertz CT molecular complexity index is 3860. The predicted octanol–water partition coefficient (Wildman–Crippen LogP) is 14.0. The van der Waals surface area contributed by atoms with E-state index in [4.69, 9.17) is 19.4 Å². The monoisotopic (exact) mass is 806 g/mol. The van der Waals surface area contributed by atoms with Crippen LogP contribution in [0.25, 0.3) is 122 Å². The average molecular weight is 807 g/mol. The number of hydrogen-bond acceptors (Lipinski definition) is 5. The molecule has 0 unspecified atom stereocenters. The van der Waals surface area contributed by atoms with Crippen molar-refractivity contribution in [3.05, 3.63) is 207 Å². The van der Waals surface area contributed by atoms with Gasteiger partial charge >= 0.3 is 0 Å². The summed E-state index contributed by atoms with van der Waals surface area (Å²) in [6, 6.07) is 65.8. The topological polar surface area (TPSA) is 74.6 Å². The van der Waals surface area contributed by atoms with E-state index in [9.17, 15) is 0 Å². The van der Waals surface area contributed by atoms with Crippen molar-refractivity contribution < 1.29 is 4.42 Å². The lowest BCUT2D eigenvalue weighted by molar-refractivity contribution is 0.668. The molecule has 0 saturated carbocycles. The molecule has 7 nitrogen and oxygen atoms in total. The van der Waals surface area contributed by atoms with Gasteiger partial charge in [0.2, 0.25) is 0 Å². The summed E-state index contributed by atoms with van der Waals surface area (Å²) in [6.07, 6.45) is 5.52. The van der Waals surface area contributed by atoms with Gasteiger partial charge in [0, 0.05) is 55.5 Å². The standard InChI is InChI=1S/C56H34N6O/c1-3-12-35(13-4-1)39-29-46(36-14-5-2-6-15-36)60-55(31-39)62-50-19-10-8-17-42(50)44-28-37(22-25-51(44)62)47-33-57-34-48(59-47)38-21-24-43-41-16-7-9-18-49(41)61(52(43)30-38)40-23-26-53-45(32-40)56-54(63-53)20-11-27-58-56/h1-34H. The van der Waals surface area contributed by atoms with E-state index in [0.29, 0.717) is 0 Å². The molecular weight excluding hydrogens is 773 g/mol. The molecule has 13 aromatic rings. The fourth-order valence-corrected chi connectivity index (χ4v) is 9.34. The normalized spacial score (nSPS) is 11.8. The van der Waals surface area contributed by atoms with Gasteiger partial charge in [0.15, 0.2) is 5.58 Å². The van der Waals surface area contributed by atoms with Crippen LogP contribution in [0.15, 0.2) is 211 Å². The SMILES string of the molecule is c1ccc(-c2cc(-c3ccccc3)nc(-n3c4ccccc4c4cc(-c5cncc(-c6ccc7c8ccccc8n(-c8ccc9oc%10cccnc%10c9c8)c7c6)n5)ccc43)c2)cc1. The minimum atomic E-state index is 0.778. The van der Waals surface area contributed by atoms with Gasteiger partial charge in [-0.15, -0.1) is 0 Å². The first-order valence-corrected chi connectivity index (χ1v) is 21.0. The highest BCUT2D eigenvalue weighted by Gasteiger charge is 2.19. The number of benzene rings is 7. The molecule has 6 heterocycles. The quantitative estimate of drug-likeness (QED) is 0.167. The largest absolute Gasteiger partial charge is 0.454 e. The lowest BCUT2D eigenvalue weighted by atomic mass is 10.0. The Hall–Kier alpha value is -8.68. The number of para-hydroxylation sites is 2. The van der Waals surface area contributed by atoms with E-state index in [0.717, 1.165) is 117 Å². The summed E-state index contributed by atoms with van der Waals surface area (Å²) in [5, 5.41) is 5.59. The van der Waals surface area contributed by atoms with Crippen LogP contribution in [0.1, 0.15) is 0 Å². The van der Waals surface area contributed by atoms with Gasteiger partial charge in [-0.1, -0.05) is 115 Å². The third kappa shape index (κ3) is 5.67. The molecule has 13 rings (SSSR count). The average Bonchev–Trinajstić information content (AvgIpc) is 4.01. The van der Waals surface area contributed by atoms with E-state index >= 15 is 0 Å². The van der Waals surface area contributed by atoms with Crippen molar-refractivity contribution in [2.45, 2.75) is 0 Å². The van der Waals surface area contributed by atoms with Gasteiger partial charge in [-0.05, 0) is 83.9 Å². The molecule has 0 aliphatic carbocycles. The molecule has 0 saturated heterocycles. The number of hydrogen-bond donors (Lipinski definition) is 0. The number of nitrogens with zero attached hydrogens (tertiary/aromatic N) is 6. The maximum absolute atomic E-state index is 6.14. The molecule has 294 valence electrons. The first-order valence-electron chi connectivity index (χ1n) is 21.0. The highest BCUT2D eigenvalue weighted by molar-refractivity contribution is 6.12. The van der Waals surface area contributed by atoms with Crippen molar-refractivity contribution in [3.8, 4) is 56.4 Å². The molecule has 7 heteroatoms. The van der Waals surface area contributed by atoms with Crippen molar-refractivity contribution >= 4 is 65.7 Å². The van der Waals surface area contributed by atoms with Gasteiger partial charge in [0.25, 0.3) is 0 Å². The first kappa shape index (κ1) is 35.1. The van der Waals surface area contributed by atoms with Crippen LogP contribution in [0.3, 0.4) is 0 Å². The van der Waals surface area contributed by atoms with E-state index in [1.165, 1.54) is 5.39 Å². The smallest absolute Gasteiger partial charge is 0.153 e. The van der Waals surface area contributed by atoms with Gasteiger partial charge in [-0.3, -0.25) is 14.5 Å². The number of aromatic nitrogens is 6. The van der Waals surface area contributed by atoms with Crippen LogP contribution in [0.5, 0.6) is 0 Å². The van der Waals surface area contributed by atoms with Crippen molar-refractivity contribution in [2.75, 3.05) is 0 Å². The second-order valence-corrected chi connectivity index (χ2v) is 15.9. The summed E-state index contributed by atoms with van der Waals surface area (Å²) < 4.78 is 10.7. The molecule has 63 heavy (non-hydrogen) atoms. The molecule has 0 spiro atoms. The molecule has 0 radical (unpaired) electrons. The van der Waals surface area contributed by atoms with Gasteiger partial charge in [0.05, 0.1) is 51.5 Å². The van der Waals surface area contributed by atoms with Gasteiger partial charge in [0.1, 0.15) is 16.9 Å². The Morgan fingerprint density at radius 1 is 0.365 bits per heavy atom. The van der Waals surface area contributed by atoms with E-state index in [1.807, 2.05) is 42.9 Å². The molecule has 0 aliphatic heterocycles. The number of pyridine rings is 2. The summed E-state index contributed by atoms with van der Waals surface area (Å²) in [5.41, 5.74) is 15.6. The lowest BCUT2D eigenvalue weighted by Gasteiger charge is -2.13. The van der Waals surface area contributed by atoms with Crippen LogP contribution in [0.2, 0.25) is 0 Å². The second kappa shape index (κ2) is 13.9. The Morgan fingerprint density at radius 3 is 1.84 bits per heavy atom. The third-order valence-electron chi connectivity index (χ3n) is 12.3. The highest BCUT2D eigenvalue weighted by atomic mass is 16.3. The van der Waals surface area contributed by atoms with E-state index in [1.54, 1.807) is 0 Å². The highest BCUT2D eigenvalue weighted by Crippen LogP contribution is 2.39. The van der Waals surface area contributed by atoms with Crippen molar-refractivity contribution in [3.63, 3.8) is 0 Å². The van der Waals surface area contributed by atoms with Gasteiger partial charge in [-0.25, -0.2) is 9.97 Å². The number of fused-ring (bicyclic) bond motifs is 9. The summed E-state index contributed by atoms with van der Waals surface area (Å²) >= 11 is 0. The predicted molar refractivity (Wildman–Crippen MR) is 255 cm³/mol. The number of furan rings is 1. The molecule has 0 atom stereocenters. The summed E-state index contributed by atoms with van der Waals surface area (Å²) in [5.74, 6) is 0.860. The fourth-order valence-electron chi connectivity index (χ4n) is 9.34. The van der Waals surface area contributed by atoms with E-state index < -0.39 is 0 Å². The second-order valence-electron chi connectivity index (χ2n) is 15.9. The molecule has 0 amide bonds. The number of rotatable bonds is 6. The Labute approximate surface area is 360 Å². The summed E-state index contributed by atoms with van der Waals surface area (Å²) in [6.45, 7) is 0. The molecule has 0 N–H and O–H groups in total. The fraction of sp³-hybridized carbons (Fsp3) is 0. The van der Waals surface area contributed by atoms with Crippen LogP contribution in [0, 0.1) is 0 Å². The van der Waals surface area contributed by atoms with Crippen molar-refractivity contribution in [1.29, 1.82) is 0 Å². The van der Waals surface area contributed by atoms with E-state index in [-0.39, 0.29) is 0 Å². The molecule has 0 fully saturated rings. The zero-order valence-electron chi connectivity index (χ0n) is 33.7. The molecule has 7 aromatic carbocycles. The zero-order chi connectivity index (χ0) is 41.4. The first-order chi connectivity index (χ1) is 31.2. The maximum Gasteiger partial charge on any atom is 0.153 e. The lowest BCUT2D eigenvalue weighted by Crippen LogP contribution is -2.00. The van der Waals surface area contributed by atoms with Crippen LogP contribution in [-0.2, 0) is 0 Å². The van der Waals surface area contributed by atoms with Crippen molar-refractivity contribution in [1.82, 2.24) is 29.1 Å². The zero-order valence-corrected chi connectivity index (χ0v) is 33.7. The van der Waals surface area contributed by atoms with E-state index in [2.05, 4.69) is 178 Å². The van der Waals surface area contributed by atoms with Crippen LogP contribution >= 0.6 is 0 Å². The Kier molecular flexibility index (Phi) is 7.77. The molecule has 6 aromatic heterocycles. The van der Waals surface area contributed by atoms with Crippen LogP contribution in [0.4, 0.5) is 0 Å². The molecule has 0 bridgehead atoms. The maximum atomic E-state index is 6.14. The van der Waals surface area contributed by atoms with Crippen LogP contribution in [-0.4, -0.2) is 29.1 Å². The van der Waals surface area contributed by atoms with Crippen molar-refractivity contribution in [2.24, 2.45) is 0 Å². The van der Waals surface area contributed by atoms with Gasteiger partial charge < -0.3 is 8.98 Å². The Morgan fingerprint density at radius 2 is 1.03 bits per heavy atom. The molecular formula is C56H34N6O.